The molecule has 140 valence electrons. The van der Waals surface area contributed by atoms with Gasteiger partial charge in [-0.05, 0) is 33.0 Å². The van der Waals surface area contributed by atoms with E-state index in [1.54, 1.807) is 0 Å². The number of rotatable bonds is 2. The number of hydrogen-bond donors (Lipinski definition) is 2. The predicted molar refractivity (Wildman–Crippen MR) is 106 cm³/mol. The molecule has 28 heavy (non-hydrogen) atoms. The number of carboxylic acid groups (broad SMARTS) is 2. The Kier molecular flexibility index (Phi) is 3.17. The smallest absolute Gasteiger partial charge is 0.308 e. The first-order chi connectivity index (χ1) is 13.3. The van der Waals surface area contributed by atoms with Crippen molar-refractivity contribution in [3.63, 3.8) is 0 Å². The van der Waals surface area contributed by atoms with Crippen molar-refractivity contribution in [3.8, 4) is 0 Å². The minimum absolute atomic E-state index is 0.914. The Labute approximate surface area is 162 Å². The Hall–Kier alpha value is -3.14. The molecule has 0 radical (unpaired) electrons. The highest BCUT2D eigenvalue weighted by molar-refractivity contribution is 5.96. The van der Waals surface area contributed by atoms with Crippen LogP contribution in [0.25, 0.3) is 10.8 Å². The van der Waals surface area contributed by atoms with Gasteiger partial charge in [-0.3, -0.25) is 9.59 Å². The Morgan fingerprint density at radius 1 is 0.714 bits per heavy atom. The Morgan fingerprint density at radius 3 is 1.89 bits per heavy atom. The molecule has 0 spiro atoms. The molecule has 3 aliphatic rings. The fraction of sp³-hybridized carbons (Fsp3) is 0.250. The standard InChI is InChI=1S/C24H20O4/c1-23-15-9-5-6-10-16(15)24(2,20(22(27)28)19(23)21(25)26)18-14-8-4-3-7-13(14)11-12-17(18)23/h3-12,19-20H,1-2H3,(H,25,26)(H,27,28)/t19-,20+,23-,24+/m1/s1. The molecule has 3 aromatic carbocycles. The third kappa shape index (κ3) is 1.71. The van der Waals surface area contributed by atoms with Gasteiger partial charge in [0.2, 0.25) is 0 Å². The van der Waals surface area contributed by atoms with Crippen LogP contribution in [0.2, 0.25) is 0 Å². The monoisotopic (exact) mass is 372 g/mol. The first-order valence-electron chi connectivity index (χ1n) is 9.41. The van der Waals surface area contributed by atoms with E-state index >= 15 is 0 Å². The highest BCUT2D eigenvalue weighted by atomic mass is 16.4. The van der Waals surface area contributed by atoms with E-state index in [-0.39, 0.29) is 0 Å². The second kappa shape index (κ2) is 5.22. The predicted octanol–water partition coefficient (Wildman–Crippen LogP) is 4.18. The summed E-state index contributed by atoms with van der Waals surface area (Å²) in [5.74, 6) is -4.22. The molecule has 0 unspecified atom stereocenters. The molecule has 0 aliphatic heterocycles. The third-order valence-corrected chi connectivity index (χ3v) is 7.16. The Balaban J connectivity index is 2.04. The summed E-state index contributed by atoms with van der Waals surface area (Å²) in [6.07, 6.45) is 0. The van der Waals surface area contributed by atoms with Crippen molar-refractivity contribution in [2.75, 3.05) is 0 Å². The maximum atomic E-state index is 12.5. The summed E-state index contributed by atoms with van der Waals surface area (Å²) in [6.45, 7) is 3.80. The molecular weight excluding hydrogens is 352 g/mol. The van der Waals surface area contributed by atoms with Gasteiger partial charge in [0.25, 0.3) is 0 Å². The normalized spacial score (nSPS) is 29.9. The fourth-order valence-electron chi connectivity index (χ4n) is 6.04. The van der Waals surface area contributed by atoms with Crippen LogP contribution in [0.5, 0.6) is 0 Å². The van der Waals surface area contributed by atoms with Crippen LogP contribution in [0.15, 0.2) is 60.7 Å². The molecule has 0 fully saturated rings. The quantitative estimate of drug-likeness (QED) is 0.708. The van der Waals surface area contributed by atoms with Crippen LogP contribution in [0.3, 0.4) is 0 Å². The summed E-state index contributed by atoms with van der Waals surface area (Å²) in [6, 6.07) is 19.7. The van der Waals surface area contributed by atoms with Crippen molar-refractivity contribution < 1.29 is 19.8 Å². The minimum Gasteiger partial charge on any atom is -0.481 e. The molecule has 2 N–H and O–H groups in total. The van der Waals surface area contributed by atoms with Gasteiger partial charge in [-0.15, -0.1) is 0 Å². The Morgan fingerprint density at radius 2 is 1.25 bits per heavy atom. The lowest BCUT2D eigenvalue weighted by molar-refractivity contribution is -0.160. The molecule has 4 atom stereocenters. The topological polar surface area (TPSA) is 74.6 Å². The van der Waals surface area contributed by atoms with Gasteiger partial charge in [0, 0.05) is 10.8 Å². The van der Waals surface area contributed by atoms with Crippen LogP contribution in [0, 0.1) is 11.8 Å². The summed E-state index contributed by atoms with van der Waals surface area (Å²) >= 11 is 0. The van der Waals surface area contributed by atoms with Crippen LogP contribution in [0.4, 0.5) is 0 Å². The summed E-state index contributed by atoms with van der Waals surface area (Å²) in [5, 5.41) is 22.4. The number of carbonyl (C=O) groups is 2. The highest BCUT2D eigenvalue weighted by Gasteiger charge is 2.66. The van der Waals surface area contributed by atoms with E-state index in [2.05, 4.69) is 0 Å². The molecular formula is C24H20O4. The van der Waals surface area contributed by atoms with E-state index in [1.807, 2.05) is 74.5 Å². The second-order valence-electron chi connectivity index (χ2n) is 8.29. The van der Waals surface area contributed by atoms with E-state index in [9.17, 15) is 19.8 Å². The van der Waals surface area contributed by atoms with Gasteiger partial charge in [0.15, 0.2) is 0 Å². The lowest BCUT2D eigenvalue weighted by Crippen LogP contribution is -2.62. The molecule has 3 aromatic rings. The average Bonchev–Trinajstić information content (AvgIpc) is 2.68. The summed E-state index contributed by atoms with van der Waals surface area (Å²) in [5.41, 5.74) is 1.88. The zero-order valence-electron chi connectivity index (χ0n) is 15.6. The third-order valence-electron chi connectivity index (χ3n) is 7.16. The number of carboxylic acids is 2. The van der Waals surface area contributed by atoms with E-state index in [0.717, 1.165) is 33.0 Å². The molecule has 0 aromatic heterocycles. The van der Waals surface area contributed by atoms with Crippen LogP contribution in [-0.4, -0.2) is 22.2 Å². The van der Waals surface area contributed by atoms with Gasteiger partial charge in [-0.1, -0.05) is 74.5 Å². The van der Waals surface area contributed by atoms with Crippen molar-refractivity contribution in [2.24, 2.45) is 11.8 Å². The van der Waals surface area contributed by atoms with Gasteiger partial charge in [0.05, 0.1) is 11.8 Å². The van der Waals surface area contributed by atoms with Gasteiger partial charge in [0.1, 0.15) is 0 Å². The van der Waals surface area contributed by atoms with Crippen LogP contribution < -0.4 is 0 Å². The van der Waals surface area contributed by atoms with Gasteiger partial charge in [-0.2, -0.15) is 0 Å². The maximum absolute atomic E-state index is 12.5. The van der Waals surface area contributed by atoms with E-state index in [0.29, 0.717) is 0 Å². The van der Waals surface area contributed by atoms with E-state index in [1.165, 1.54) is 0 Å². The Bertz CT molecular complexity index is 1180. The molecule has 2 bridgehead atoms. The maximum Gasteiger partial charge on any atom is 0.308 e. The second-order valence-corrected chi connectivity index (χ2v) is 8.29. The summed E-state index contributed by atoms with van der Waals surface area (Å²) in [7, 11) is 0. The van der Waals surface area contributed by atoms with Crippen molar-refractivity contribution in [1.82, 2.24) is 0 Å². The molecule has 0 saturated heterocycles. The minimum atomic E-state index is -1.06. The van der Waals surface area contributed by atoms with Crippen LogP contribution in [-0.2, 0) is 20.4 Å². The largest absolute Gasteiger partial charge is 0.481 e. The lowest BCUT2D eigenvalue weighted by atomic mass is 9.41. The number of hydrogen-bond acceptors (Lipinski definition) is 2. The van der Waals surface area contributed by atoms with Crippen molar-refractivity contribution in [1.29, 1.82) is 0 Å². The molecule has 3 aliphatic carbocycles. The van der Waals surface area contributed by atoms with E-state index < -0.39 is 34.6 Å². The highest BCUT2D eigenvalue weighted by Crippen LogP contribution is 2.65. The zero-order chi connectivity index (χ0) is 19.8. The van der Waals surface area contributed by atoms with Crippen LogP contribution in [0.1, 0.15) is 36.1 Å². The molecule has 0 amide bonds. The first kappa shape index (κ1) is 17.0. The van der Waals surface area contributed by atoms with Crippen molar-refractivity contribution >= 4 is 22.7 Å². The SMILES string of the molecule is C[C@]12c3ccccc3[C@](C)(c3ccc4ccccc4c31)[C@@H](C(=O)O)[C@H]2C(=O)O. The van der Waals surface area contributed by atoms with Crippen LogP contribution >= 0.6 is 0 Å². The first-order valence-corrected chi connectivity index (χ1v) is 9.41. The number of benzene rings is 3. The number of aliphatic carboxylic acids is 2. The van der Waals surface area contributed by atoms with Crippen molar-refractivity contribution in [3.05, 3.63) is 82.9 Å². The summed E-state index contributed by atoms with van der Waals surface area (Å²) < 4.78 is 0. The zero-order valence-corrected chi connectivity index (χ0v) is 15.6. The van der Waals surface area contributed by atoms with Crippen molar-refractivity contribution in [2.45, 2.75) is 24.7 Å². The summed E-state index contributed by atoms with van der Waals surface area (Å²) in [4.78, 5) is 24.9. The fourth-order valence-corrected chi connectivity index (χ4v) is 6.04. The molecule has 0 heterocycles. The molecule has 4 heteroatoms. The molecule has 4 nitrogen and oxygen atoms in total. The molecule has 0 saturated carbocycles. The van der Waals surface area contributed by atoms with Gasteiger partial charge >= 0.3 is 11.9 Å². The van der Waals surface area contributed by atoms with Gasteiger partial charge in [-0.25, -0.2) is 0 Å². The average molecular weight is 372 g/mol. The lowest BCUT2D eigenvalue weighted by Gasteiger charge is -2.59. The number of fused-ring (bicyclic) bond motifs is 2. The van der Waals surface area contributed by atoms with E-state index in [4.69, 9.17) is 0 Å². The molecule has 6 rings (SSSR count). The van der Waals surface area contributed by atoms with Gasteiger partial charge < -0.3 is 10.2 Å².